The number of hydrogen-bond donors (Lipinski definition) is 1. The van der Waals surface area contributed by atoms with Crippen LogP contribution in [0.4, 0.5) is 5.69 Å². The third kappa shape index (κ3) is 4.56. The Hall–Kier alpha value is -1.86. The highest BCUT2D eigenvalue weighted by Gasteiger charge is 2.24. The minimum atomic E-state index is -3.67. The van der Waals surface area contributed by atoms with E-state index in [4.69, 9.17) is 4.52 Å². The summed E-state index contributed by atoms with van der Waals surface area (Å²) >= 11 is 0. The second-order valence-electron chi connectivity index (χ2n) is 4.35. The van der Waals surface area contributed by atoms with E-state index in [0.717, 1.165) is 0 Å². The van der Waals surface area contributed by atoms with Crippen molar-refractivity contribution in [2.75, 3.05) is 18.9 Å². The highest BCUT2D eigenvalue weighted by Crippen LogP contribution is 2.47. The second-order valence-corrected chi connectivity index (χ2v) is 7.84. The fourth-order valence-electron chi connectivity index (χ4n) is 1.68. The predicted octanol–water partition coefficient (Wildman–Crippen LogP) is 3.27. The van der Waals surface area contributed by atoms with Gasteiger partial charge in [0.2, 0.25) is 0 Å². The van der Waals surface area contributed by atoms with Crippen LogP contribution in [0.5, 0.6) is 5.75 Å². The van der Waals surface area contributed by atoms with Gasteiger partial charge in [0.25, 0.3) is 10.0 Å². The minimum absolute atomic E-state index is 0.156. The molecular weight excluding hydrogens is 341 g/mol. The summed E-state index contributed by atoms with van der Waals surface area (Å²) in [5, 5.41) is 0. The SMILES string of the molecule is COP(=O)(OC)Oc1ccc(NS(=O)(=O)c2ccccc2)cc1. The standard InChI is InChI=1S/C14H16NO6PS/c1-19-22(16,20-2)21-13-10-8-12(9-11-13)15-23(17,18)14-6-4-3-5-7-14/h3-11,15H,1-2H3. The largest absolute Gasteiger partial charge is 0.529 e. The van der Waals surface area contributed by atoms with Crippen LogP contribution >= 0.6 is 7.82 Å². The number of anilines is 1. The summed E-state index contributed by atoms with van der Waals surface area (Å²) in [5.74, 6) is 0.222. The molecule has 2 aromatic carbocycles. The molecule has 0 aliphatic heterocycles. The summed E-state index contributed by atoms with van der Waals surface area (Å²) in [6.07, 6.45) is 0. The fourth-order valence-corrected chi connectivity index (χ4v) is 3.43. The molecule has 7 nitrogen and oxygen atoms in total. The molecule has 2 aromatic rings. The number of phosphoric ester groups is 1. The smallest absolute Gasteiger partial charge is 0.404 e. The monoisotopic (exact) mass is 357 g/mol. The zero-order valence-corrected chi connectivity index (χ0v) is 14.2. The molecule has 23 heavy (non-hydrogen) atoms. The summed E-state index contributed by atoms with van der Waals surface area (Å²) in [5.41, 5.74) is 0.339. The molecule has 0 unspecified atom stereocenters. The van der Waals surface area contributed by atoms with Gasteiger partial charge in [0.05, 0.1) is 4.90 Å². The Morgan fingerprint density at radius 2 is 1.48 bits per heavy atom. The van der Waals surface area contributed by atoms with Crippen molar-refractivity contribution in [1.82, 2.24) is 0 Å². The Morgan fingerprint density at radius 1 is 0.913 bits per heavy atom. The van der Waals surface area contributed by atoms with E-state index in [2.05, 4.69) is 13.8 Å². The van der Waals surface area contributed by atoms with Crippen molar-refractivity contribution in [3.63, 3.8) is 0 Å². The van der Waals surface area contributed by atoms with Gasteiger partial charge in [-0.25, -0.2) is 13.0 Å². The molecule has 0 amide bonds. The lowest BCUT2D eigenvalue weighted by atomic mass is 10.3. The normalized spacial score (nSPS) is 11.9. The van der Waals surface area contributed by atoms with Crippen molar-refractivity contribution in [2.45, 2.75) is 4.90 Å². The minimum Gasteiger partial charge on any atom is -0.404 e. The van der Waals surface area contributed by atoms with Crippen molar-refractivity contribution in [1.29, 1.82) is 0 Å². The molecule has 0 spiro atoms. The van der Waals surface area contributed by atoms with Gasteiger partial charge in [-0.1, -0.05) is 18.2 Å². The quantitative estimate of drug-likeness (QED) is 0.765. The van der Waals surface area contributed by atoms with E-state index >= 15 is 0 Å². The van der Waals surface area contributed by atoms with Crippen LogP contribution < -0.4 is 9.25 Å². The van der Waals surface area contributed by atoms with Gasteiger partial charge in [-0.05, 0) is 36.4 Å². The van der Waals surface area contributed by atoms with E-state index in [1.54, 1.807) is 18.2 Å². The maximum absolute atomic E-state index is 12.2. The molecule has 0 aromatic heterocycles. The number of benzene rings is 2. The maximum Gasteiger partial charge on any atom is 0.529 e. The highest BCUT2D eigenvalue weighted by atomic mass is 32.2. The summed E-state index contributed by atoms with van der Waals surface area (Å²) in [6, 6.07) is 13.9. The Kier molecular flexibility index (Phi) is 5.43. The molecule has 124 valence electrons. The molecule has 0 radical (unpaired) electrons. The molecule has 0 aliphatic carbocycles. The number of hydrogen-bond acceptors (Lipinski definition) is 6. The number of rotatable bonds is 7. The Labute approximate surface area is 134 Å². The summed E-state index contributed by atoms with van der Waals surface area (Å²) in [6.45, 7) is 0. The number of sulfonamides is 1. The average Bonchev–Trinajstić information content (AvgIpc) is 2.57. The lowest BCUT2D eigenvalue weighted by molar-refractivity contribution is 0.211. The van der Waals surface area contributed by atoms with Crippen molar-refractivity contribution in [3.05, 3.63) is 54.6 Å². The van der Waals surface area contributed by atoms with Crippen LogP contribution in [-0.4, -0.2) is 22.6 Å². The summed E-state index contributed by atoms with van der Waals surface area (Å²) in [4.78, 5) is 0.156. The van der Waals surface area contributed by atoms with Gasteiger partial charge in [0, 0.05) is 19.9 Å². The lowest BCUT2D eigenvalue weighted by Crippen LogP contribution is -2.12. The van der Waals surface area contributed by atoms with Crippen molar-refractivity contribution >= 4 is 23.5 Å². The topological polar surface area (TPSA) is 90.9 Å². The fraction of sp³-hybridized carbons (Fsp3) is 0.143. The predicted molar refractivity (Wildman–Crippen MR) is 85.9 cm³/mol. The Balaban J connectivity index is 2.13. The summed E-state index contributed by atoms with van der Waals surface area (Å²) < 4.78 is 53.1. The molecule has 0 bridgehead atoms. The van der Waals surface area contributed by atoms with Crippen LogP contribution in [-0.2, 0) is 23.6 Å². The maximum atomic E-state index is 12.2. The first-order valence-corrected chi connectivity index (χ1v) is 9.42. The van der Waals surface area contributed by atoms with Gasteiger partial charge in [-0.3, -0.25) is 13.8 Å². The first-order valence-electron chi connectivity index (χ1n) is 6.47. The first-order chi connectivity index (χ1) is 10.9. The molecule has 0 fully saturated rings. The zero-order valence-electron chi connectivity index (χ0n) is 12.5. The third-order valence-corrected chi connectivity index (χ3v) is 5.55. The van der Waals surface area contributed by atoms with Gasteiger partial charge in [0.1, 0.15) is 5.75 Å². The summed E-state index contributed by atoms with van der Waals surface area (Å²) in [7, 11) is -4.91. The molecule has 1 N–H and O–H groups in total. The van der Waals surface area contributed by atoms with E-state index in [1.807, 2.05) is 0 Å². The van der Waals surface area contributed by atoms with E-state index in [-0.39, 0.29) is 10.6 Å². The van der Waals surface area contributed by atoms with Crippen LogP contribution in [0.2, 0.25) is 0 Å². The van der Waals surface area contributed by atoms with E-state index in [0.29, 0.717) is 5.69 Å². The van der Waals surface area contributed by atoms with E-state index in [9.17, 15) is 13.0 Å². The van der Waals surface area contributed by atoms with Crippen molar-refractivity contribution < 1.29 is 26.6 Å². The van der Waals surface area contributed by atoms with Crippen molar-refractivity contribution in [2.24, 2.45) is 0 Å². The van der Waals surface area contributed by atoms with Crippen LogP contribution in [0.3, 0.4) is 0 Å². The first kappa shape index (κ1) is 17.5. The van der Waals surface area contributed by atoms with Crippen LogP contribution in [0.25, 0.3) is 0 Å². The number of nitrogens with one attached hydrogen (secondary N) is 1. The Bertz CT molecular complexity index is 784. The van der Waals surface area contributed by atoms with Crippen LogP contribution in [0.1, 0.15) is 0 Å². The second kappa shape index (κ2) is 7.14. The van der Waals surface area contributed by atoms with Crippen LogP contribution in [0, 0.1) is 0 Å². The molecule has 0 saturated carbocycles. The van der Waals surface area contributed by atoms with E-state index < -0.39 is 17.8 Å². The lowest BCUT2D eigenvalue weighted by Gasteiger charge is -2.14. The average molecular weight is 357 g/mol. The van der Waals surface area contributed by atoms with Crippen LogP contribution in [0.15, 0.2) is 59.5 Å². The van der Waals surface area contributed by atoms with Crippen molar-refractivity contribution in [3.8, 4) is 5.75 Å². The molecule has 0 atom stereocenters. The molecular formula is C14H16NO6PS. The highest BCUT2D eigenvalue weighted by molar-refractivity contribution is 7.92. The van der Waals surface area contributed by atoms with Gasteiger partial charge in [-0.15, -0.1) is 0 Å². The van der Waals surface area contributed by atoms with E-state index in [1.165, 1.54) is 50.6 Å². The Morgan fingerprint density at radius 3 is 2.00 bits per heavy atom. The zero-order chi connectivity index (χ0) is 16.9. The molecule has 0 aliphatic rings. The van der Waals surface area contributed by atoms with Gasteiger partial charge < -0.3 is 4.52 Å². The molecule has 0 heterocycles. The molecule has 2 rings (SSSR count). The molecule has 9 heteroatoms. The third-order valence-electron chi connectivity index (χ3n) is 2.82. The molecule has 0 saturated heterocycles. The van der Waals surface area contributed by atoms with Gasteiger partial charge in [-0.2, -0.15) is 0 Å². The van der Waals surface area contributed by atoms with Gasteiger partial charge >= 0.3 is 7.82 Å². The number of phosphoric acid groups is 1. The van der Waals surface area contributed by atoms with Gasteiger partial charge in [0.15, 0.2) is 0 Å².